The van der Waals surface area contributed by atoms with Crippen molar-refractivity contribution in [2.75, 3.05) is 0 Å². The van der Waals surface area contributed by atoms with Gasteiger partial charge in [-0.1, -0.05) is 39.7 Å². The molecule has 2 rings (SSSR count). The standard InChI is InChI=1S/C13H10BrClO2/c14-13-6-10(15)5-4-9(13)8-17-12-3-1-2-11(16)7-12/h1-7,16H,8H2. The molecule has 1 N–H and O–H groups in total. The Kier molecular flexibility index (Phi) is 3.92. The summed E-state index contributed by atoms with van der Waals surface area (Å²) in [5, 5.41) is 9.97. The minimum absolute atomic E-state index is 0.192. The van der Waals surface area contributed by atoms with E-state index in [0.717, 1.165) is 10.0 Å². The van der Waals surface area contributed by atoms with Gasteiger partial charge in [0.05, 0.1) is 0 Å². The zero-order chi connectivity index (χ0) is 12.3. The van der Waals surface area contributed by atoms with Crippen LogP contribution in [0.2, 0.25) is 5.02 Å². The lowest BCUT2D eigenvalue weighted by Gasteiger charge is -2.08. The number of hydrogen-bond donors (Lipinski definition) is 1. The van der Waals surface area contributed by atoms with Gasteiger partial charge in [-0.25, -0.2) is 0 Å². The van der Waals surface area contributed by atoms with Crippen molar-refractivity contribution in [2.24, 2.45) is 0 Å². The smallest absolute Gasteiger partial charge is 0.123 e. The molecule has 0 spiro atoms. The minimum atomic E-state index is 0.192. The van der Waals surface area contributed by atoms with E-state index in [9.17, 15) is 5.11 Å². The minimum Gasteiger partial charge on any atom is -0.508 e. The van der Waals surface area contributed by atoms with Gasteiger partial charge >= 0.3 is 0 Å². The van der Waals surface area contributed by atoms with Crippen molar-refractivity contribution in [1.82, 2.24) is 0 Å². The number of phenolic OH excluding ortho intramolecular Hbond substituents is 1. The van der Waals surface area contributed by atoms with Gasteiger partial charge in [0.25, 0.3) is 0 Å². The normalized spacial score (nSPS) is 10.2. The highest BCUT2D eigenvalue weighted by Crippen LogP contribution is 2.24. The fourth-order valence-corrected chi connectivity index (χ4v) is 2.17. The first kappa shape index (κ1) is 12.3. The molecule has 0 saturated heterocycles. The third kappa shape index (κ3) is 3.38. The van der Waals surface area contributed by atoms with Crippen LogP contribution in [0.1, 0.15) is 5.56 Å². The SMILES string of the molecule is Oc1cccc(OCc2ccc(Cl)cc2Br)c1. The highest BCUT2D eigenvalue weighted by atomic mass is 79.9. The fourth-order valence-electron chi connectivity index (χ4n) is 1.37. The highest BCUT2D eigenvalue weighted by molar-refractivity contribution is 9.10. The van der Waals surface area contributed by atoms with Crippen LogP contribution in [0.4, 0.5) is 0 Å². The van der Waals surface area contributed by atoms with Crippen LogP contribution >= 0.6 is 27.5 Å². The average Bonchev–Trinajstić information content (AvgIpc) is 2.28. The third-order valence-electron chi connectivity index (χ3n) is 2.23. The molecule has 0 heterocycles. The number of hydrogen-bond acceptors (Lipinski definition) is 2. The summed E-state index contributed by atoms with van der Waals surface area (Å²) >= 11 is 9.27. The predicted molar refractivity (Wildman–Crippen MR) is 71.6 cm³/mol. The summed E-state index contributed by atoms with van der Waals surface area (Å²) in [6.45, 7) is 0.418. The van der Waals surface area contributed by atoms with Gasteiger partial charge in [-0.05, 0) is 24.3 Å². The monoisotopic (exact) mass is 312 g/mol. The van der Waals surface area contributed by atoms with Crippen molar-refractivity contribution in [3.8, 4) is 11.5 Å². The first-order chi connectivity index (χ1) is 8.15. The van der Waals surface area contributed by atoms with Crippen LogP contribution in [0.3, 0.4) is 0 Å². The molecule has 0 amide bonds. The van der Waals surface area contributed by atoms with E-state index in [-0.39, 0.29) is 5.75 Å². The van der Waals surface area contributed by atoms with Crippen LogP contribution in [0.25, 0.3) is 0 Å². The van der Waals surface area contributed by atoms with E-state index in [0.29, 0.717) is 17.4 Å². The van der Waals surface area contributed by atoms with Crippen LogP contribution in [0.15, 0.2) is 46.9 Å². The van der Waals surface area contributed by atoms with Gasteiger partial charge in [-0.3, -0.25) is 0 Å². The summed E-state index contributed by atoms with van der Waals surface area (Å²) in [7, 11) is 0. The molecular weight excluding hydrogens is 303 g/mol. The number of ether oxygens (including phenoxy) is 1. The van der Waals surface area contributed by atoms with E-state index in [4.69, 9.17) is 16.3 Å². The summed E-state index contributed by atoms with van der Waals surface area (Å²) in [6, 6.07) is 12.2. The number of aromatic hydroxyl groups is 1. The molecule has 0 bridgehead atoms. The summed E-state index contributed by atoms with van der Waals surface area (Å²) in [5.41, 5.74) is 0.998. The molecule has 2 aromatic rings. The summed E-state index contributed by atoms with van der Waals surface area (Å²) in [5.74, 6) is 0.824. The molecule has 0 unspecified atom stereocenters. The van der Waals surface area contributed by atoms with Crippen LogP contribution in [-0.2, 0) is 6.61 Å². The van der Waals surface area contributed by atoms with Gasteiger partial charge in [-0.15, -0.1) is 0 Å². The molecule has 0 aliphatic heterocycles. The molecule has 0 aliphatic carbocycles. The zero-order valence-corrected chi connectivity index (χ0v) is 11.2. The van der Waals surface area contributed by atoms with Crippen LogP contribution in [0.5, 0.6) is 11.5 Å². The Balaban J connectivity index is 2.07. The quantitative estimate of drug-likeness (QED) is 0.911. The largest absolute Gasteiger partial charge is 0.508 e. The number of rotatable bonds is 3. The molecule has 0 atom stereocenters. The zero-order valence-electron chi connectivity index (χ0n) is 8.86. The predicted octanol–water partition coefficient (Wildman–Crippen LogP) is 4.39. The van der Waals surface area contributed by atoms with E-state index in [1.54, 1.807) is 24.3 Å². The summed E-state index contributed by atoms with van der Waals surface area (Å²) in [4.78, 5) is 0. The molecule has 0 fully saturated rings. The lowest BCUT2D eigenvalue weighted by atomic mass is 10.2. The van der Waals surface area contributed by atoms with Gasteiger partial charge in [0.2, 0.25) is 0 Å². The number of halogens is 2. The van der Waals surface area contributed by atoms with Crippen LogP contribution < -0.4 is 4.74 Å². The third-order valence-corrected chi connectivity index (χ3v) is 3.20. The maximum atomic E-state index is 9.29. The van der Waals surface area contributed by atoms with Crippen molar-refractivity contribution >= 4 is 27.5 Å². The number of phenols is 1. The molecular formula is C13H10BrClO2. The Labute approximate surface area is 113 Å². The topological polar surface area (TPSA) is 29.5 Å². The highest BCUT2D eigenvalue weighted by Gasteiger charge is 2.02. The first-order valence-corrected chi connectivity index (χ1v) is 6.18. The molecule has 0 saturated carbocycles. The van der Waals surface area contributed by atoms with Crippen molar-refractivity contribution < 1.29 is 9.84 Å². The van der Waals surface area contributed by atoms with Crippen LogP contribution in [-0.4, -0.2) is 5.11 Å². The van der Waals surface area contributed by atoms with E-state index in [2.05, 4.69) is 15.9 Å². The Hall–Kier alpha value is -1.19. The maximum Gasteiger partial charge on any atom is 0.123 e. The van der Waals surface area contributed by atoms with Crippen molar-refractivity contribution in [3.63, 3.8) is 0 Å². The lowest BCUT2D eigenvalue weighted by Crippen LogP contribution is -1.96. The lowest BCUT2D eigenvalue weighted by molar-refractivity contribution is 0.303. The van der Waals surface area contributed by atoms with E-state index >= 15 is 0 Å². The maximum absolute atomic E-state index is 9.29. The molecule has 2 aromatic carbocycles. The average molecular weight is 314 g/mol. The van der Waals surface area contributed by atoms with Crippen LogP contribution in [0, 0.1) is 0 Å². The Bertz CT molecular complexity index is 529. The van der Waals surface area contributed by atoms with E-state index in [1.165, 1.54) is 0 Å². The van der Waals surface area contributed by atoms with Gasteiger partial charge in [-0.2, -0.15) is 0 Å². The molecule has 0 radical (unpaired) electrons. The summed E-state index contributed by atoms with van der Waals surface area (Å²) < 4.78 is 6.47. The first-order valence-electron chi connectivity index (χ1n) is 5.01. The fraction of sp³-hybridized carbons (Fsp3) is 0.0769. The van der Waals surface area contributed by atoms with E-state index in [1.807, 2.05) is 18.2 Å². The second-order valence-electron chi connectivity index (χ2n) is 3.52. The Morgan fingerprint density at radius 2 is 2.00 bits per heavy atom. The van der Waals surface area contributed by atoms with Gasteiger partial charge in [0.1, 0.15) is 18.1 Å². The second kappa shape index (κ2) is 5.43. The van der Waals surface area contributed by atoms with Crippen molar-refractivity contribution in [3.05, 3.63) is 57.5 Å². The molecule has 4 heteroatoms. The van der Waals surface area contributed by atoms with E-state index < -0.39 is 0 Å². The van der Waals surface area contributed by atoms with Gasteiger partial charge in [0, 0.05) is 21.1 Å². The molecule has 2 nitrogen and oxygen atoms in total. The molecule has 88 valence electrons. The number of benzene rings is 2. The van der Waals surface area contributed by atoms with Crippen molar-refractivity contribution in [2.45, 2.75) is 6.61 Å². The van der Waals surface area contributed by atoms with Gasteiger partial charge < -0.3 is 9.84 Å². The molecule has 17 heavy (non-hydrogen) atoms. The van der Waals surface area contributed by atoms with Crippen molar-refractivity contribution in [1.29, 1.82) is 0 Å². The Morgan fingerprint density at radius 1 is 1.18 bits per heavy atom. The molecule has 0 aliphatic rings. The van der Waals surface area contributed by atoms with Gasteiger partial charge in [0.15, 0.2) is 0 Å². The molecule has 0 aromatic heterocycles. The summed E-state index contributed by atoms with van der Waals surface area (Å²) in [6.07, 6.45) is 0. The Morgan fingerprint density at radius 3 is 2.71 bits per heavy atom. The second-order valence-corrected chi connectivity index (χ2v) is 4.81.